The fourth-order valence-electron chi connectivity index (χ4n) is 1.28. The van der Waals surface area contributed by atoms with Gasteiger partial charge in [-0.15, -0.1) is 0 Å². The molecule has 82 valence electrons. The van der Waals surface area contributed by atoms with E-state index in [1.807, 2.05) is 31.2 Å². The molecule has 2 nitrogen and oxygen atoms in total. The first-order chi connectivity index (χ1) is 7.20. The number of rotatable bonds is 5. The van der Waals surface area contributed by atoms with Crippen molar-refractivity contribution in [3.05, 3.63) is 48.0 Å². The van der Waals surface area contributed by atoms with Crippen molar-refractivity contribution in [2.45, 2.75) is 31.9 Å². The van der Waals surface area contributed by atoms with Crippen LogP contribution in [-0.4, -0.2) is 17.3 Å². The van der Waals surface area contributed by atoms with E-state index in [2.05, 4.69) is 18.2 Å². The monoisotopic (exact) mass is 205 g/mol. The van der Waals surface area contributed by atoms with Gasteiger partial charge in [-0.2, -0.15) is 0 Å². The van der Waals surface area contributed by atoms with E-state index >= 15 is 0 Å². The maximum atomic E-state index is 9.45. The third kappa shape index (κ3) is 4.77. The van der Waals surface area contributed by atoms with Crippen LogP contribution in [0, 0.1) is 0 Å². The first kappa shape index (κ1) is 12.0. The van der Waals surface area contributed by atoms with Gasteiger partial charge < -0.3 is 10.8 Å². The lowest BCUT2D eigenvalue weighted by Gasteiger charge is -2.11. The Morgan fingerprint density at radius 3 is 2.53 bits per heavy atom. The highest BCUT2D eigenvalue weighted by Crippen LogP contribution is 2.02. The molecule has 0 saturated carbocycles. The van der Waals surface area contributed by atoms with Gasteiger partial charge in [0.25, 0.3) is 0 Å². The summed E-state index contributed by atoms with van der Waals surface area (Å²) in [4.78, 5) is 0. The van der Waals surface area contributed by atoms with Gasteiger partial charge in [0, 0.05) is 6.04 Å². The maximum absolute atomic E-state index is 9.45. The van der Waals surface area contributed by atoms with Crippen molar-refractivity contribution >= 4 is 0 Å². The highest BCUT2D eigenvalue weighted by atomic mass is 16.3. The van der Waals surface area contributed by atoms with Crippen molar-refractivity contribution in [3.63, 3.8) is 0 Å². The highest BCUT2D eigenvalue weighted by molar-refractivity contribution is 5.17. The molecular formula is C13H19NO. The van der Waals surface area contributed by atoms with Crippen molar-refractivity contribution < 1.29 is 5.11 Å². The Morgan fingerprint density at radius 1 is 1.27 bits per heavy atom. The van der Waals surface area contributed by atoms with Crippen LogP contribution < -0.4 is 5.73 Å². The van der Waals surface area contributed by atoms with E-state index in [1.54, 1.807) is 0 Å². The summed E-state index contributed by atoms with van der Waals surface area (Å²) in [6, 6.07) is 10.1. The molecule has 2 atom stereocenters. The van der Waals surface area contributed by atoms with Gasteiger partial charge in [0.05, 0.1) is 6.10 Å². The molecule has 1 aromatic rings. The lowest BCUT2D eigenvalue weighted by atomic mass is 10.1. The Kier molecular flexibility index (Phi) is 5.08. The quantitative estimate of drug-likeness (QED) is 0.721. The van der Waals surface area contributed by atoms with E-state index in [9.17, 15) is 5.11 Å². The molecule has 0 aromatic heterocycles. The fourth-order valence-corrected chi connectivity index (χ4v) is 1.28. The number of hydrogen-bond acceptors (Lipinski definition) is 2. The summed E-state index contributed by atoms with van der Waals surface area (Å²) < 4.78 is 0. The van der Waals surface area contributed by atoms with Gasteiger partial charge in [0.15, 0.2) is 0 Å². The van der Waals surface area contributed by atoms with Gasteiger partial charge in [-0.1, -0.05) is 42.5 Å². The van der Waals surface area contributed by atoms with E-state index < -0.39 is 6.10 Å². The van der Waals surface area contributed by atoms with E-state index in [4.69, 9.17) is 5.73 Å². The third-order valence-corrected chi connectivity index (χ3v) is 2.35. The van der Waals surface area contributed by atoms with Crippen LogP contribution in [0.3, 0.4) is 0 Å². The normalized spacial score (nSPS) is 15.4. The second-order valence-corrected chi connectivity index (χ2v) is 3.82. The zero-order valence-electron chi connectivity index (χ0n) is 9.13. The van der Waals surface area contributed by atoms with E-state index in [1.165, 1.54) is 5.56 Å². The summed E-state index contributed by atoms with van der Waals surface area (Å²) in [7, 11) is 0. The van der Waals surface area contributed by atoms with Crippen LogP contribution in [0.5, 0.6) is 0 Å². The van der Waals surface area contributed by atoms with Crippen molar-refractivity contribution in [3.8, 4) is 0 Å². The molecule has 0 amide bonds. The molecule has 0 aliphatic heterocycles. The first-order valence-corrected chi connectivity index (χ1v) is 5.32. The minimum atomic E-state index is -0.433. The minimum Gasteiger partial charge on any atom is -0.391 e. The van der Waals surface area contributed by atoms with Gasteiger partial charge >= 0.3 is 0 Å². The molecule has 0 aliphatic rings. The first-order valence-electron chi connectivity index (χ1n) is 5.32. The average molecular weight is 205 g/mol. The minimum absolute atomic E-state index is 0.161. The predicted molar refractivity (Wildman–Crippen MR) is 63.6 cm³/mol. The zero-order valence-corrected chi connectivity index (χ0v) is 9.13. The molecule has 1 rings (SSSR count). The maximum Gasteiger partial charge on any atom is 0.0722 e. The molecule has 0 aliphatic carbocycles. The van der Waals surface area contributed by atoms with Crippen LogP contribution in [0.4, 0.5) is 0 Å². The molecule has 0 saturated heterocycles. The average Bonchev–Trinajstić information content (AvgIpc) is 2.25. The van der Waals surface area contributed by atoms with Crippen LogP contribution in [0.15, 0.2) is 42.5 Å². The van der Waals surface area contributed by atoms with Gasteiger partial charge in [-0.25, -0.2) is 0 Å². The Labute approximate surface area is 91.4 Å². The smallest absolute Gasteiger partial charge is 0.0722 e. The number of allylic oxidation sites excluding steroid dienone is 1. The topological polar surface area (TPSA) is 46.2 Å². The van der Waals surface area contributed by atoms with Crippen molar-refractivity contribution in [2.75, 3.05) is 0 Å². The molecule has 15 heavy (non-hydrogen) atoms. The Hall–Kier alpha value is -1.12. The Morgan fingerprint density at radius 2 is 1.93 bits per heavy atom. The summed E-state index contributed by atoms with van der Waals surface area (Å²) in [5.74, 6) is 0. The Bertz CT molecular complexity index is 293. The lowest BCUT2D eigenvalue weighted by molar-refractivity contribution is 0.154. The molecule has 0 heterocycles. The summed E-state index contributed by atoms with van der Waals surface area (Å²) in [5, 5.41) is 9.45. The van der Waals surface area contributed by atoms with E-state index in [-0.39, 0.29) is 6.04 Å². The molecule has 0 spiro atoms. The van der Waals surface area contributed by atoms with E-state index in [0.717, 1.165) is 6.42 Å². The van der Waals surface area contributed by atoms with Crippen LogP contribution >= 0.6 is 0 Å². The van der Waals surface area contributed by atoms with Crippen molar-refractivity contribution in [2.24, 2.45) is 5.73 Å². The number of aliphatic hydroxyl groups is 1. The number of nitrogens with two attached hydrogens (primary N) is 1. The van der Waals surface area contributed by atoms with Gasteiger partial charge in [0.1, 0.15) is 0 Å². The summed E-state index contributed by atoms with van der Waals surface area (Å²) >= 11 is 0. The second-order valence-electron chi connectivity index (χ2n) is 3.82. The van der Waals surface area contributed by atoms with Gasteiger partial charge in [-0.05, 0) is 25.3 Å². The molecule has 3 N–H and O–H groups in total. The molecular weight excluding hydrogens is 186 g/mol. The Balaban J connectivity index is 2.29. The predicted octanol–water partition coefficient (Wildman–Crippen LogP) is 1.88. The third-order valence-electron chi connectivity index (χ3n) is 2.35. The van der Waals surface area contributed by atoms with Gasteiger partial charge in [-0.3, -0.25) is 0 Å². The molecule has 1 aromatic carbocycles. The SMILES string of the molecule is C[C@H](N)[C@H](O)C/C=C/Cc1ccccc1. The van der Waals surface area contributed by atoms with Crippen molar-refractivity contribution in [1.82, 2.24) is 0 Å². The number of hydrogen-bond donors (Lipinski definition) is 2. The summed E-state index contributed by atoms with van der Waals surface area (Å²) in [6.45, 7) is 1.82. The molecule has 0 bridgehead atoms. The molecule has 0 unspecified atom stereocenters. The summed E-state index contributed by atoms with van der Waals surface area (Å²) in [5.41, 5.74) is 6.83. The van der Waals surface area contributed by atoms with Crippen molar-refractivity contribution in [1.29, 1.82) is 0 Å². The van der Waals surface area contributed by atoms with Crippen LogP contribution in [0.25, 0.3) is 0 Å². The number of benzene rings is 1. The largest absolute Gasteiger partial charge is 0.391 e. The number of aliphatic hydroxyl groups excluding tert-OH is 1. The van der Waals surface area contributed by atoms with E-state index in [0.29, 0.717) is 6.42 Å². The van der Waals surface area contributed by atoms with Crippen LogP contribution in [0.2, 0.25) is 0 Å². The zero-order chi connectivity index (χ0) is 11.1. The fraction of sp³-hybridized carbons (Fsp3) is 0.385. The van der Waals surface area contributed by atoms with Crippen LogP contribution in [-0.2, 0) is 6.42 Å². The second kappa shape index (κ2) is 6.38. The standard InChI is InChI=1S/C13H19NO/c1-11(14)13(15)10-6-5-9-12-7-3-2-4-8-12/h2-8,11,13,15H,9-10,14H2,1H3/b6-5+/t11-,13+/m0/s1. The van der Waals surface area contributed by atoms with Gasteiger partial charge in [0.2, 0.25) is 0 Å². The molecule has 0 radical (unpaired) electrons. The summed E-state index contributed by atoms with van der Waals surface area (Å²) in [6.07, 6.45) is 5.16. The highest BCUT2D eigenvalue weighted by Gasteiger charge is 2.05. The van der Waals surface area contributed by atoms with Crippen LogP contribution in [0.1, 0.15) is 18.9 Å². The lowest BCUT2D eigenvalue weighted by Crippen LogP contribution is -2.30. The molecule has 2 heteroatoms. The molecule has 0 fully saturated rings.